The van der Waals surface area contributed by atoms with Crippen molar-refractivity contribution in [3.05, 3.63) is 46.2 Å². The number of benzene rings is 1. The van der Waals surface area contributed by atoms with Crippen molar-refractivity contribution in [1.82, 2.24) is 14.9 Å². The molecule has 1 amide bonds. The molecule has 5 nitrogen and oxygen atoms in total. The van der Waals surface area contributed by atoms with Crippen molar-refractivity contribution in [2.24, 2.45) is 0 Å². The average molecular weight is 339 g/mol. The summed E-state index contributed by atoms with van der Waals surface area (Å²) in [6, 6.07) is 5.24. The van der Waals surface area contributed by atoms with Gasteiger partial charge >= 0.3 is 0 Å². The van der Waals surface area contributed by atoms with Crippen LogP contribution in [-0.4, -0.2) is 33.9 Å². The summed E-state index contributed by atoms with van der Waals surface area (Å²) in [5.74, 6) is 0.262. The zero-order chi connectivity index (χ0) is 16.1. The maximum atomic E-state index is 12.2. The van der Waals surface area contributed by atoms with Gasteiger partial charge in [0.05, 0.1) is 21.3 Å². The molecule has 0 bridgehead atoms. The van der Waals surface area contributed by atoms with Crippen LogP contribution in [0.1, 0.15) is 24.2 Å². The summed E-state index contributed by atoms with van der Waals surface area (Å²) in [5, 5.41) is 3.82. The van der Waals surface area contributed by atoms with Crippen molar-refractivity contribution >= 4 is 40.7 Å². The zero-order valence-electron chi connectivity index (χ0n) is 12.3. The van der Waals surface area contributed by atoms with E-state index < -0.39 is 0 Å². The Kier molecular flexibility index (Phi) is 5.57. The van der Waals surface area contributed by atoms with Crippen LogP contribution in [0.5, 0.6) is 0 Å². The fourth-order valence-corrected chi connectivity index (χ4v) is 2.26. The third-order valence-corrected chi connectivity index (χ3v) is 3.97. The predicted octanol–water partition coefficient (Wildman–Crippen LogP) is 4.01. The SMILES string of the molecule is CCN(CC)C(=O)c1cnc(Nc2cccc(Cl)c2Cl)nc1. The first kappa shape index (κ1) is 16.5. The molecule has 0 spiro atoms. The molecular formula is C15H16Cl2N4O. The maximum absolute atomic E-state index is 12.2. The van der Waals surface area contributed by atoms with Crippen LogP contribution in [0.4, 0.5) is 11.6 Å². The van der Waals surface area contributed by atoms with E-state index in [4.69, 9.17) is 23.2 Å². The summed E-state index contributed by atoms with van der Waals surface area (Å²) in [6.07, 6.45) is 2.99. The second kappa shape index (κ2) is 7.42. The van der Waals surface area contributed by atoms with Gasteiger partial charge in [-0.1, -0.05) is 29.3 Å². The number of hydrogen-bond donors (Lipinski definition) is 1. The summed E-state index contributed by atoms with van der Waals surface area (Å²) >= 11 is 12.0. The number of nitrogens with one attached hydrogen (secondary N) is 1. The van der Waals surface area contributed by atoms with Crippen molar-refractivity contribution in [3.63, 3.8) is 0 Å². The van der Waals surface area contributed by atoms with Crippen LogP contribution in [0.2, 0.25) is 10.0 Å². The highest BCUT2D eigenvalue weighted by Crippen LogP contribution is 2.30. The minimum atomic E-state index is -0.0858. The monoisotopic (exact) mass is 338 g/mol. The molecule has 2 rings (SSSR count). The number of amides is 1. The average Bonchev–Trinajstić information content (AvgIpc) is 2.53. The van der Waals surface area contributed by atoms with Gasteiger partial charge in [-0.25, -0.2) is 9.97 Å². The van der Waals surface area contributed by atoms with E-state index in [0.29, 0.717) is 40.3 Å². The molecule has 1 heterocycles. The number of anilines is 2. The number of halogens is 2. The molecule has 0 aliphatic carbocycles. The molecule has 0 fully saturated rings. The number of hydrogen-bond acceptors (Lipinski definition) is 4. The molecule has 0 aliphatic rings. The number of carbonyl (C=O) groups is 1. The maximum Gasteiger partial charge on any atom is 0.256 e. The Labute approximate surface area is 139 Å². The quantitative estimate of drug-likeness (QED) is 0.894. The van der Waals surface area contributed by atoms with Gasteiger partial charge in [0.1, 0.15) is 0 Å². The highest BCUT2D eigenvalue weighted by Gasteiger charge is 2.13. The summed E-state index contributed by atoms with van der Waals surface area (Å²) in [6.45, 7) is 5.15. The molecule has 0 atom stereocenters. The van der Waals surface area contributed by atoms with Gasteiger partial charge in [0.2, 0.25) is 5.95 Å². The normalized spacial score (nSPS) is 10.4. The van der Waals surface area contributed by atoms with Gasteiger partial charge in [-0.3, -0.25) is 4.79 Å². The third-order valence-electron chi connectivity index (χ3n) is 3.15. The van der Waals surface area contributed by atoms with Crippen LogP contribution < -0.4 is 5.32 Å². The lowest BCUT2D eigenvalue weighted by atomic mass is 10.3. The number of rotatable bonds is 5. The van der Waals surface area contributed by atoms with Gasteiger partial charge in [-0.15, -0.1) is 0 Å². The van der Waals surface area contributed by atoms with Crippen molar-refractivity contribution in [2.75, 3.05) is 18.4 Å². The molecule has 2 aromatic rings. The molecule has 0 saturated heterocycles. The van der Waals surface area contributed by atoms with Crippen LogP contribution in [-0.2, 0) is 0 Å². The van der Waals surface area contributed by atoms with Crippen LogP contribution in [0.25, 0.3) is 0 Å². The van der Waals surface area contributed by atoms with E-state index in [1.807, 2.05) is 13.8 Å². The molecule has 1 aromatic heterocycles. The summed E-state index contributed by atoms with van der Waals surface area (Å²) in [7, 11) is 0. The van der Waals surface area contributed by atoms with Gasteiger partial charge in [-0.2, -0.15) is 0 Å². The fraction of sp³-hybridized carbons (Fsp3) is 0.267. The largest absolute Gasteiger partial charge is 0.339 e. The molecular weight excluding hydrogens is 323 g/mol. The number of nitrogens with zero attached hydrogens (tertiary/aromatic N) is 3. The molecule has 1 aromatic carbocycles. The standard InChI is InChI=1S/C15H16Cl2N4O/c1-3-21(4-2)14(22)10-8-18-15(19-9-10)20-12-7-5-6-11(16)13(12)17/h5-9H,3-4H2,1-2H3,(H,18,19,20). The van der Waals surface area contributed by atoms with E-state index in [9.17, 15) is 4.79 Å². The molecule has 116 valence electrons. The third kappa shape index (κ3) is 3.67. The van der Waals surface area contributed by atoms with Gasteiger partial charge < -0.3 is 10.2 Å². The first-order chi connectivity index (χ1) is 10.6. The molecule has 0 radical (unpaired) electrons. The van der Waals surface area contributed by atoms with Gasteiger partial charge in [0.15, 0.2) is 0 Å². The lowest BCUT2D eigenvalue weighted by molar-refractivity contribution is 0.0772. The highest BCUT2D eigenvalue weighted by atomic mass is 35.5. The Hall–Kier alpha value is -1.85. The smallest absolute Gasteiger partial charge is 0.256 e. The predicted molar refractivity (Wildman–Crippen MR) is 89.0 cm³/mol. The van der Waals surface area contributed by atoms with Crippen LogP contribution in [0.15, 0.2) is 30.6 Å². The molecule has 1 N–H and O–H groups in total. The first-order valence-electron chi connectivity index (χ1n) is 6.89. The Morgan fingerprint density at radius 3 is 2.41 bits per heavy atom. The van der Waals surface area contributed by atoms with Gasteiger partial charge in [0, 0.05) is 25.5 Å². The van der Waals surface area contributed by atoms with Crippen molar-refractivity contribution in [1.29, 1.82) is 0 Å². The minimum absolute atomic E-state index is 0.0858. The van der Waals surface area contributed by atoms with Crippen LogP contribution in [0.3, 0.4) is 0 Å². The van der Waals surface area contributed by atoms with Crippen molar-refractivity contribution in [2.45, 2.75) is 13.8 Å². The van der Waals surface area contributed by atoms with E-state index in [0.717, 1.165) is 0 Å². The van der Waals surface area contributed by atoms with E-state index in [1.165, 1.54) is 12.4 Å². The van der Waals surface area contributed by atoms with Gasteiger partial charge in [0.25, 0.3) is 5.91 Å². The molecule has 0 unspecified atom stereocenters. The van der Waals surface area contributed by atoms with E-state index in [2.05, 4.69) is 15.3 Å². The summed E-state index contributed by atoms with van der Waals surface area (Å²) in [4.78, 5) is 22.2. The van der Waals surface area contributed by atoms with E-state index in [1.54, 1.807) is 23.1 Å². The Bertz CT molecular complexity index is 657. The topological polar surface area (TPSA) is 58.1 Å². The number of aromatic nitrogens is 2. The zero-order valence-corrected chi connectivity index (χ0v) is 13.8. The second-order valence-corrected chi connectivity index (χ2v) is 5.28. The molecule has 7 heteroatoms. The van der Waals surface area contributed by atoms with Crippen LogP contribution in [0, 0.1) is 0 Å². The Morgan fingerprint density at radius 1 is 1.18 bits per heavy atom. The summed E-state index contributed by atoms with van der Waals surface area (Å²) in [5.41, 5.74) is 1.06. The summed E-state index contributed by atoms with van der Waals surface area (Å²) < 4.78 is 0. The Morgan fingerprint density at radius 2 is 1.82 bits per heavy atom. The first-order valence-corrected chi connectivity index (χ1v) is 7.64. The Balaban J connectivity index is 2.15. The van der Waals surface area contributed by atoms with Crippen molar-refractivity contribution in [3.8, 4) is 0 Å². The molecule has 22 heavy (non-hydrogen) atoms. The number of carbonyl (C=O) groups excluding carboxylic acids is 1. The van der Waals surface area contributed by atoms with E-state index >= 15 is 0 Å². The second-order valence-electron chi connectivity index (χ2n) is 4.50. The lowest BCUT2D eigenvalue weighted by Gasteiger charge is -2.18. The van der Waals surface area contributed by atoms with Crippen LogP contribution >= 0.6 is 23.2 Å². The molecule has 0 saturated carbocycles. The van der Waals surface area contributed by atoms with E-state index in [-0.39, 0.29) is 5.91 Å². The highest BCUT2D eigenvalue weighted by molar-refractivity contribution is 6.43. The fourth-order valence-electron chi connectivity index (χ4n) is 1.92. The van der Waals surface area contributed by atoms with Gasteiger partial charge in [-0.05, 0) is 26.0 Å². The molecule has 0 aliphatic heterocycles. The minimum Gasteiger partial charge on any atom is -0.339 e. The van der Waals surface area contributed by atoms with Crippen molar-refractivity contribution < 1.29 is 4.79 Å². The lowest BCUT2D eigenvalue weighted by Crippen LogP contribution is -2.30.